The molecule has 0 saturated heterocycles. The molecule has 2 aromatic carbocycles. The van der Waals surface area contributed by atoms with Gasteiger partial charge in [-0.05, 0) is 26.0 Å². The largest absolute Gasteiger partial charge is 0.457 e. The fourth-order valence-corrected chi connectivity index (χ4v) is 2.62. The molecule has 8 nitrogen and oxygen atoms in total. The van der Waals surface area contributed by atoms with E-state index in [0.717, 1.165) is 5.56 Å². The average molecular weight is 401 g/mol. The summed E-state index contributed by atoms with van der Waals surface area (Å²) >= 11 is 5.93. The van der Waals surface area contributed by atoms with Crippen LogP contribution in [0, 0.1) is 24.0 Å². The minimum Gasteiger partial charge on any atom is -0.457 e. The van der Waals surface area contributed by atoms with Crippen molar-refractivity contribution in [2.75, 3.05) is 5.32 Å². The Morgan fingerprint density at radius 1 is 1.21 bits per heavy atom. The van der Waals surface area contributed by atoms with Crippen molar-refractivity contribution in [2.24, 2.45) is 0 Å². The van der Waals surface area contributed by atoms with E-state index in [0.29, 0.717) is 16.5 Å². The number of aromatic nitrogens is 2. The van der Waals surface area contributed by atoms with Gasteiger partial charge in [-0.15, -0.1) is 0 Å². The summed E-state index contributed by atoms with van der Waals surface area (Å²) in [5.41, 5.74) is 1.77. The SMILES string of the molecule is Cc1ccc(Oc2cc(NC(=O)Cn3ncc(Cl)c3C)cc([N+](=O)[O-])c2)cc1. The zero-order chi connectivity index (χ0) is 20.3. The molecule has 0 bridgehead atoms. The molecule has 1 aromatic heterocycles. The number of amides is 1. The van der Waals surface area contributed by atoms with E-state index in [1.165, 1.54) is 29.1 Å². The van der Waals surface area contributed by atoms with Crippen molar-refractivity contribution in [1.82, 2.24) is 9.78 Å². The van der Waals surface area contributed by atoms with E-state index >= 15 is 0 Å². The molecule has 0 unspecified atom stereocenters. The predicted molar refractivity (Wildman–Crippen MR) is 105 cm³/mol. The molecule has 0 aliphatic heterocycles. The Labute approximate surface area is 165 Å². The van der Waals surface area contributed by atoms with Crippen LogP contribution in [0.3, 0.4) is 0 Å². The number of nitrogens with one attached hydrogen (secondary N) is 1. The molecule has 1 heterocycles. The molecule has 0 fully saturated rings. The lowest BCUT2D eigenvalue weighted by molar-refractivity contribution is -0.384. The second-order valence-electron chi connectivity index (χ2n) is 6.17. The summed E-state index contributed by atoms with van der Waals surface area (Å²) in [4.78, 5) is 23.0. The average Bonchev–Trinajstić information content (AvgIpc) is 2.95. The fourth-order valence-electron chi connectivity index (χ4n) is 2.48. The quantitative estimate of drug-likeness (QED) is 0.485. The molecule has 3 rings (SSSR count). The molecule has 0 atom stereocenters. The van der Waals surface area contributed by atoms with Gasteiger partial charge in [0.2, 0.25) is 5.91 Å². The van der Waals surface area contributed by atoms with Crippen molar-refractivity contribution in [3.63, 3.8) is 0 Å². The van der Waals surface area contributed by atoms with Gasteiger partial charge in [-0.25, -0.2) is 0 Å². The van der Waals surface area contributed by atoms with Gasteiger partial charge >= 0.3 is 0 Å². The van der Waals surface area contributed by atoms with Crippen molar-refractivity contribution >= 4 is 28.9 Å². The van der Waals surface area contributed by atoms with Gasteiger partial charge in [-0.3, -0.25) is 19.6 Å². The Morgan fingerprint density at radius 3 is 2.54 bits per heavy atom. The van der Waals surface area contributed by atoms with Gasteiger partial charge in [-0.1, -0.05) is 29.3 Å². The van der Waals surface area contributed by atoms with Gasteiger partial charge in [0.15, 0.2) is 0 Å². The highest BCUT2D eigenvalue weighted by Crippen LogP contribution is 2.30. The highest BCUT2D eigenvalue weighted by atomic mass is 35.5. The minimum atomic E-state index is -0.547. The van der Waals surface area contributed by atoms with Crippen LogP contribution in [0.4, 0.5) is 11.4 Å². The first-order chi connectivity index (χ1) is 13.3. The minimum absolute atomic E-state index is 0.0740. The van der Waals surface area contributed by atoms with Crippen molar-refractivity contribution < 1.29 is 14.5 Å². The predicted octanol–water partition coefficient (Wildman–Crippen LogP) is 4.49. The van der Waals surface area contributed by atoms with Crippen LogP contribution >= 0.6 is 11.6 Å². The number of carbonyl (C=O) groups is 1. The first kappa shape index (κ1) is 19.4. The molecule has 1 N–H and O–H groups in total. The van der Waals surface area contributed by atoms with Gasteiger partial charge in [-0.2, -0.15) is 5.10 Å². The molecule has 9 heteroatoms. The lowest BCUT2D eigenvalue weighted by atomic mass is 10.2. The van der Waals surface area contributed by atoms with Crippen molar-refractivity contribution in [3.05, 3.63) is 75.1 Å². The molecular weight excluding hydrogens is 384 g/mol. The van der Waals surface area contributed by atoms with E-state index < -0.39 is 10.8 Å². The molecule has 3 aromatic rings. The lowest BCUT2D eigenvalue weighted by Crippen LogP contribution is -2.20. The van der Waals surface area contributed by atoms with Gasteiger partial charge < -0.3 is 10.1 Å². The van der Waals surface area contributed by atoms with Crippen molar-refractivity contribution in [2.45, 2.75) is 20.4 Å². The summed E-state index contributed by atoms with van der Waals surface area (Å²) in [5, 5.41) is 18.3. The Hall–Kier alpha value is -3.39. The van der Waals surface area contributed by atoms with Crippen LogP contribution in [0.5, 0.6) is 11.5 Å². The van der Waals surface area contributed by atoms with Crippen LogP contribution in [-0.2, 0) is 11.3 Å². The summed E-state index contributed by atoms with van der Waals surface area (Å²) < 4.78 is 7.14. The van der Waals surface area contributed by atoms with E-state index in [9.17, 15) is 14.9 Å². The van der Waals surface area contributed by atoms with E-state index in [1.807, 2.05) is 19.1 Å². The Bertz CT molecular complexity index is 1030. The molecule has 0 saturated carbocycles. The van der Waals surface area contributed by atoms with Gasteiger partial charge in [0.1, 0.15) is 18.0 Å². The van der Waals surface area contributed by atoms with Crippen LogP contribution < -0.4 is 10.1 Å². The second kappa shape index (κ2) is 8.10. The zero-order valence-electron chi connectivity index (χ0n) is 15.2. The van der Waals surface area contributed by atoms with E-state index in [1.54, 1.807) is 19.1 Å². The molecular formula is C19H17ClN4O4. The third kappa shape index (κ3) is 4.66. The Morgan fingerprint density at radius 2 is 1.93 bits per heavy atom. The third-order valence-electron chi connectivity index (χ3n) is 3.98. The number of rotatable bonds is 6. The van der Waals surface area contributed by atoms with Crippen LogP contribution in [0.1, 0.15) is 11.3 Å². The smallest absolute Gasteiger partial charge is 0.275 e. The lowest BCUT2D eigenvalue weighted by Gasteiger charge is -2.10. The van der Waals surface area contributed by atoms with Crippen LogP contribution in [0.15, 0.2) is 48.7 Å². The number of halogens is 1. The fraction of sp³-hybridized carbons (Fsp3) is 0.158. The van der Waals surface area contributed by atoms with E-state index in [4.69, 9.17) is 16.3 Å². The number of nitro benzene ring substituents is 1. The van der Waals surface area contributed by atoms with Crippen LogP contribution in [0.2, 0.25) is 5.02 Å². The molecule has 28 heavy (non-hydrogen) atoms. The summed E-state index contributed by atoms with van der Waals surface area (Å²) in [5.74, 6) is 0.376. The number of carbonyl (C=O) groups excluding carboxylic acids is 1. The highest BCUT2D eigenvalue weighted by molar-refractivity contribution is 6.31. The van der Waals surface area contributed by atoms with E-state index in [-0.39, 0.29) is 23.7 Å². The number of non-ortho nitro benzene ring substituents is 1. The second-order valence-corrected chi connectivity index (χ2v) is 6.58. The maximum atomic E-state index is 12.3. The number of ether oxygens (including phenoxy) is 1. The molecule has 1 amide bonds. The topological polar surface area (TPSA) is 99.3 Å². The van der Waals surface area contributed by atoms with Crippen molar-refractivity contribution in [3.8, 4) is 11.5 Å². The van der Waals surface area contributed by atoms with Crippen molar-refractivity contribution in [1.29, 1.82) is 0 Å². The molecule has 0 aliphatic carbocycles. The normalized spacial score (nSPS) is 10.5. The maximum Gasteiger partial charge on any atom is 0.275 e. The maximum absolute atomic E-state index is 12.3. The van der Waals surface area contributed by atoms with Crippen LogP contribution in [-0.4, -0.2) is 20.6 Å². The third-order valence-corrected chi connectivity index (χ3v) is 4.35. The van der Waals surface area contributed by atoms with Gasteiger partial charge in [0.25, 0.3) is 5.69 Å². The number of nitro groups is 1. The molecule has 0 radical (unpaired) electrons. The van der Waals surface area contributed by atoms with Crippen LogP contribution in [0.25, 0.3) is 0 Å². The number of hydrogen-bond acceptors (Lipinski definition) is 5. The molecule has 144 valence electrons. The number of hydrogen-bond donors (Lipinski definition) is 1. The monoisotopic (exact) mass is 400 g/mol. The van der Waals surface area contributed by atoms with Gasteiger partial charge in [0, 0.05) is 12.1 Å². The summed E-state index contributed by atoms with van der Waals surface area (Å²) in [7, 11) is 0. The number of anilines is 1. The number of benzene rings is 2. The molecule has 0 spiro atoms. The first-order valence-corrected chi connectivity index (χ1v) is 8.71. The highest BCUT2D eigenvalue weighted by Gasteiger charge is 2.14. The molecule has 0 aliphatic rings. The zero-order valence-corrected chi connectivity index (χ0v) is 15.9. The number of aryl methyl sites for hydroxylation is 1. The summed E-state index contributed by atoms with van der Waals surface area (Å²) in [6, 6.07) is 11.3. The summed E-state index contributed by atoms with van der Waals surface area (Å²) in [6.45, 7) is 3.61. The first-order valence-electron chi connectivity index (χ1n) is 8.33. The summed E-state index contributed by atoms with van der Waals surface area (Å²) in [6.07, 6.45) is 1.45. The number of nitrogens with zero attached hydrogens (tertiary/aromatic N) is 3. The standard InChI is InChI=1S/C19H17ClN4O4/c1-12-3-5-16(6-4-12)28-17-8-14(7-15(9-17)24(26)27)22-19(25)11-23-13(2)18(20)10-21-23/h3-10H,11H2,1-2H3,(H,22,25). The Balaban J connectivity index is 1.80. The van der Waals surface area contributed by atoms with E-state index in [2.05, 4.69) is 10.4 Å². The van der Waals surface area contributed by atoms with Gasteiger partial charge in [0.05, 0.1) is 33.6 Å². The Kier molecular flexibility index (Phi) is 5.60.